The Morgan fingerprint density at radius 2 is 1.26 bits per heavy atom. The molecule has 0 saturated carbocycles. The summed E-state index contributed by atoms with van der Waals surface area (Å²) in [5.41, 5.74) is -1.27. The molecule has 2 N–H and O–H groups in total. The van der Waals surface area contributed by atoms with E-state index in [2.05, 4.69) is 0 Å². The van der Waals surface area contributed by atoms with E-state index in [0.717, 1.165) is 19.3 Å². The number of hydrogen-bond donors (Lipinski definition) is 2. The van der Waals surface area contributed by atoms with Crippen LogP contribution in [0.3, 0.4) is 0 Å². The molecule has 0 spiro atoms. The molecule has 0 unspecified atom stereocenters. The maximum absolute atomic E-state index is 12.0. The van der Waals surface area contributed by atoms with Gasteiger partial charge in [0.2, 0.25) is 0 Å². The molecular formula is C24H42O10. The zero-order valence-corrected chi connectivity index (χ0v) is 21.1. The van der Waals surface area contributed by atoms with Gasteiger partial charge in [0.25, 0.3) is 0 Å². The fourth-order valence-electron chi connectivity index (χ4n) is 3.00. The Hall–Kier alpha value is -2.20. The van der Waals surface area contributed by atoms with Crippen molar-refractivity contribution in [3.63, 3.8) is 0 Å². The summed E-state index contributed by atoms with van der Waals surface area (Å²) in [5.74, 6) is -2.01. The second-order valence-electron chi connectivity index (χ2n) is 9.58. The highest BCUT2D eigenvalue weighted by Crippen LogP contribution is 2.24. The molecule has 34 heavy (non-hydrogen) atoms. The lowest BCUT2D eigenvalue weighted by molar-refractivity contribution is -0.165. The maximum Gasteiger partial charge on any atom is 0.331 e. The lowest BCUT2D eigenvalue weighted by atomic mass is 9.88. The minimum absolute atomic E-state index is 0.0573. The fourth-order valence-corrected chi connectivity index (χ4v) is 3.00. The third-order valence-electron chi connectivity index (χ3n) is 4.85. The highest BCUT2D eigenvalue weighted by molar-refractivity contribution is 5.73. The van der Waals surface area contributed by atoms with Gasteiger partial charge in [-0.1, -0.05) is 26.7 Å². The van der Waals surface area contributed by atoms with Gasteiger partial charge in [0.05, 0.1) is 13.0 Å². The topological polar surface area (TPSA) is 146 Å². The van der Waals surface area contributed by atoms with Crippen molar-refractivity contribution in [1.29, 1.82) is 0 Å². The van der Waals surface area contributed by atoms with Gasteiger partial charge in [-0.15, -0.1) is 0 Å². The van der Waals surface area contributed by atoms with E-state index in [-0.39, 0.29) is 51.1 Å². The zero-order chi connectivity index (χ0) is 26.0. The molecule has 0 aliphatic heterocycles. The van der Waals surface area contributed by atoms with Crippen LogP contribution in [0.4, 0.5) is 0 Å². The Labute approximate surface area is 202 Å². The molecule has 0 aromatic carbocycles. The van der Waals surface area contributed by atoms with E-state index < -0.39 is 36.1 Å². The van der Waals surface area contributed by atoms with Crippen LogP contribution in [0, 0.1) is 5.41 Å². The van der Waals surface area contributed by atoms with Crippen molar-refractivity contribution >= 4 is 23.9 Å². The van der Waals surface area contributed by atoms with E-state index in [1.165, 1.54) is 0 Å². The van der Waals surface area contributed by atoms with Gasteiger partial charge in [0.15, 0.2) is 0 Å². The van der Waals surface area contributed by atoms with Gasteiger partial charge in [0, 0.05) is 19.4 Å². The number of rotatable bonds is 19. The van der Waals surface area contributed by atoms with Crippen molar-refractivity contribution < 1.29 is 48.3 Å². The molecule has 0 heterocycles. The van der Waals surface area contributed by atoms with Crippen molar-refractivity contribution in [3.8, 4) is 0 Å². The highest BCUT2D eigenvalue weighted by atomic mass is 16.6. The number of hydrogen-bond acceptors (Lipinski definition) is 10. The second-order valence-corrected chi connectivity index (χ2v) is 9.58. The normalized spacial score (nSPS) is 11.6. The second kappa shape index (κ2) is 17.3. The van der Waals surface area contributed by atoms with Crippen LogP contribution in [0.15, 0.2) is 0 Å². The SMILES string of the molecule is CC(C)(CCCCC(=O)OCCOC(=O)CC(C)(C)OC(=O)CCCCCO)COC(=O)CO. The summed E-state index contributed by atoms with van der Waals surface area (Å²) in [4.78, 5) is 46.7. The van der Waals surface area contributed by atoms with Crippen LogP contribution in [0.5, 0.6) is 0 Å². The summed E-state index contributed by atoms with van der Waals surface area (Å²) in [5, 5.41) is 17.4. The lowest BCUT2D eigenvalue weighted by Crippen LogP contribution is -2.32. The van der Waals surface area contributed by atoms with E-state index in [0.29, 0.717) is 19.3 Å². The number of aliphatic hydroxyl groups is 2. The average molecular weight is 491 g/mol. The maximum atomic E-state index is 12.0. The molecule has 0 radical (unpaired) electrons. The molecule has 0 atom stereocenters. The quantitative estimate of drug-likeness (QED) is 0.157. The Balaban J connectivity index is 3.93. The van der Waals surface area contributed by atoms with Gasteiger partial charge in [-0.05, 0) is 44.9 Å². The van der Waals surface area contributed by atoms with Gasteiger partial charge in [-0.25, -0.2) is 4.79 Å². The molecule has 0 amide bonds. The Morgan fingerprint density at radius 3 is 1.88 bits per heavy atom. The zero-order valence-electron chi connectivity index (χ0n) is 21.1. The van der Waals surface area contributed by atoms with E-state index >= 15 is 0 Å². The first-order chi connectivity index (χ1) is 15.9. The number of esters is 4. The van der Waals surface area contributed by atoms with Crippen molar-refractivity contribution in [3.05, 3.63) is 0 Å². The first-order valence-corrected chi connectivity index (χ1v) is 11.8. The smallest absolute Gasteiger partial charge is 0.331 e. The predicted molar refractivity (Wildman–Crippen MR) is 123 cm³/mol. The van der Waals surface area contributed by atoms with Crippen LogP contribution < -0.4 is 0 Å². The van der Waals surface area contributed by atoms with Gasteiger partial charge >= 0.3 is 23.9 Å². The molecule has 0 aliphatic carbocycles. The van der Waals surface area contributed by atoms with Gasteiger partial charge < -0.3 is 29.2 Å². The molecule has 0 rings (SSSR count). The third-order valence-corrected chi connectivity index (χ3v) is 4.85. The van der Waals surface area contributed by atoms with Crippen LogP contribution in [0.25, 0.3) is 0 Å². The molecule has 0 saturated heterocycles. The summed E-state index contributed by atoms with van der Waals surface area (Å²) < 4.78 is 20.4. The number of carbonyl (C=O) groups is 4. The van der Waals surface area contributed by atoms with Crippen LogP contribution in [0.1, 0.15) is 85.5 Å². The summed E-state index contributed by atoms with van der Waals surface area (Å²) >= 11 is 0. The molecule has 10 nitrogen and oxygen atoms in total. The number of ether oxygens (including phenoxy) is 4. The van der Waals surface area contributed by atoms with Crippen molar-refractivity contribution in [2.45, 2.75) is 91.1 Å². The fraction of sp³-hybridized carbons (Fsp3) is 0.833. The van der Waals surface area contributed by atoms with E-state index in [1.54, 1.807) is 13.8 Å². The third kappa shape index (κ3) is 18.3. The standard InChI is InChI=1S/C24H42O10/c1-23(2,18-33-22(30)17-26)12-8-7-10-19(27)31-14-15-32-21(29)16-24(3,4)34-20(28)11-6-5-9-13-25/h25-26H,5-18H2,1-4H3. The number of carbonyl (C=O) groups excluding carboxylic acids is 4. The Bertz CT molecular complexity index is 627. The molecule has 10 heteroatoms. The van der Waals surface area contributed by atoms with Crippen LogP contribution >= 0.6 is 0 Å². The Morgan fingerprint density at radius 1 is 0.676 bits per heavy atom. The Kier molecular flexibility index (Phi) is 16.1. The van der Waals surface area contributed by atoms with E-state index in [4.69, 9.17) is 29.2 Å². The summed E-state index contributed by atoms with van der Waals surface area (Å²) in [6.45, 7) is 6.62. The van der Waals surface area contributed by atoms with Crippen LogP contribution in [-0.4, -0.2) is 72.7 Å². The monoisotopic (exact) mass is 490 g/mol. The lowest BCUT2D eigenvalue weighted by Gasteiger charge is -2.24. The summed E-state index contributed by atoms with van der Waals surface area (Å²) in [6.07, 6.45) is 4.39. The van der Waals surface area contributed by atoms with E-state index in [1.807, 2.05) is 13.8 Å². The van der Waals surface area contributed by atoms with Crippen LogP contribution in [0.2, 0.25) is 0 Å². The molecule has 0 bridgehead atoms. The number of unbranched alkanes of at least 4 members (excludes halogenated alkanes) is 3. The van der Waals surface area contributed by atoms with Crippen molar-refractivity contribution in [2.75, 3.05) is 33.0 Å². The largest absolute Gasteiger partial charge is 0.463 e. The molecule has 0 aromatic heterocycles. The van der Waals surface area contributed by atoms with Gasteiger partial charge in [-0.3, -0.25) is 14.4 Å². The van der Waals surface area contributed by atoms with Gasteiger partial charge in [0.1, 0.15) is 25.4 Å². The first kappa shape index (κ1) is 31.8. The minimum Gasteiger partial charge on any atom is -0.463 e. The van der Waals surface area contributed by atoms with E-state index in [9.17, 15) is 19.2 Å². The summed E-state index contributed by atoms with van der Waals surface area (Å²) in [7, 11) is 0. The number of aliphatic hydroxyl groups excluding tert-OH is 2. The predicted octanol–water partition coefficient (Wildman–Crippen LogP) is 2.46. The average Bonchev–Trinajstić information content (AvgIpc) is 2.75. The van der Waals surface area contributed by atoms with Crippen LogP contribution in [-0.2, 0) is 38.1 Å². The van der Waals surface area contributed by atoms with Crippen molar-refractivity contribution in [2.24, 2.45) is 5.41 Å². The van der Waals surface area contributed by atoms with Gasteiger partial charge in [-0.2, -0.15) is 0 Å². The molecule has 0 aromatic rings. The summed E-state index contributed by atoms with van der Waals surface area (Å²) in [6, 6.07) is 0. The van der Waals surface area contributed by atoms with Crippen molar-refractivity contribution in [1.82, 2.24) is 0 Å². The highest BCUT2D eigenvalue weighted by Gasteiger charge is 2.27. The molecular weight excluding hydrogens is 448 g/mol. The minimum atomic E-state index is -1.01. The molecule has 198 valence electrons. The molecule has 0 aliphatic rings. The first-order valence-electron chi connectivity index (χ1n) is 11.8. The molecule has 0 fully saturated rings.